The summed E-state index contributed by atoms with van der Waals surface area (Å²) in [6.07, 6.45) is 0. The Morgan fingerprint density at radius 2 is 2.11 bits per heavy atom. The van der Waals surface area contributed by atoms with E-state index in [0.717, 1.165) is 6.07 Å². The lowest BCUT2D eigenvalue weighted by molar-refractivity contribution is -0.119. The van der Waals surface area contributed by atoms with E-state index in [4.69, 9.17) is 11.0 Å². The molecule has 1 atom stereocenters. The van der Waals surface area contributed by atoms with Crippen molar-refractivity contribution in [1.82, 2.24) is 0 Å². The summed E-state index contributed by atoms with van der Waals surface area (Å²) in [6.45, 7) is 5.55. The number of halogens is 1. The molecular formula is C13H16FN3O. The molecule has 0 aliphatic carbocycles. The number of nitrogens with one attached hydrogen (secondary N) is 1. The van der Waals surface area contributed by atoms with E-state index in [1.165, 1.54) is 12.1 Å². The number of carbonyl (C=O) groups excluding carboxylic acids is 1. The molecule has 1 aromatic carbocycles. The lowest BCUT2D eigenvalue weighted by atomic mass is 9.87. The number of benzene rings is 1. The summed E-state index contributed by atoms with van der Waals surface area (Å²) < 4.78 is 13.1. The van der Waals surface area contributed by atoms with Gasteiger partial charge in [-0.05, 0) is 23.6 Å². The zero-order valence-corrected chi connectivity index (χ0v) is 10.6. The Bertz CT molecular complexity index is 500. The second kappa shape index (κ2) is 5.15. The third-order valence-corrected chi connectivity index (χ3v) is 2.57. The maximum Gasteiger partial charge on any atom is 0.241 e. The molecule has 0 spiro atoms. The molecule has 1 unspecified atom stereocenters. The van der Waals surface area contributed by atoms with Gasteiger partial charge in [-0.25, -0.2) is 4.39 Å². The molecule has 0 aliphatic rings. The Hall–Kier alpha value is -1.93. The van der Waals surface area contributed by atoms with Crippen molar-refractivity contribution in [2.24, 2.45) is 11.1 Å². The van der Waals surface area contributed by atoms with Crippen molar-refractivity contribution in [3.8, 4) is 6.07 Å². The molecule has 0 saturated heterocycles. The average molecular weight is 249 g/mol. The number of nitrogens with zero attached hydrogens (tertiary/aromatic N) is 1. The third kappa shape index (κ3) is 3.28. The van der Waals surface area contributed by atoms with Crippen molar-refractivity contribution in [3.05, 3.63) is 29.6 Å². The SMILES string of the molecule is CC(C)(C)C(N)C(=O)Nc1ccc(F)c(C#N)c1. The minimum Gasteiger partial charge on any atom is -0.325 e. The molecule has 1 rings (SSSR count). The lowest BCUT2D eigenvalue weighted by Gasteiger charge is -2.25. The standard InChI is InChI=1S/C13H16FN3O/c1-13(2,3)11(16)12(18)17-9-4-5-10(14)8(6-9)7-15/h4-6,11H,16H2,1-3H3,(H,17,18). The number of carbonyl (C=O) groups is 1. The van der Waals surface area contributed by atoms with Crippen molar-refractivity contribution in [2.75, 3.05) is 5.32 Å². The van der Waals surface area contributed by atoms with Crippen LogP contribution in [0.25, 0.3) is 0 Å². The van der Waals surface area contributed by atoms with Crippen LogP contribution in [-0.4, -0.2) is 11.9 Å². The Balaban J connectivity index is 2.87. The molecule has 4 nitrogen and oxygen atoms in total. The Morgan fingerprint density at radius 3 is 2.61 bits per heavy atom. The molecule has 0 bridgehead atoms. The first-order valence-electron chi connectivity index (χ1n) is 5.52. The van der Waals surface area contributed by atoms with Gasteiger partial charge in [0.15, 0.2) is 0 Å². The molecule has 1 aromatic rings. The molecule has 96 valence electrons. The van der Waals surface area contributed by atoms with Crippen molar-refractivity contribution in [1.29, 1.82) is 5.26 Å². The van der Waals surface area contributed by atoms with Crippen molar-refractivity contribution >= 4 is 11.6 Å². The summed E-state index contributed by atoms with van der Waals surface area (Å²) in [7, 11) is 0. The topological polar surface area (TPSA) is 78.9 Å². The average Bonchev–Trinajstić information content (AvgIpc) is 2.29. The van der Waals surface area contributed by atoms with Gasteiger partial charge in [-0.3, -0.25) is 4.79 Å². The number of hydrogen-bond acceptors (Lipinski definition) is 3. The molecule has 0 heterocycles. The van der Waals surface area contributed by atoms with Gasteiger partial charge in [0.1, 0.15) is 11.9 Å². The zero-order chi connectivity index (χ0) is 13.9. The number of amides is 1. The van der Waals surface area contributed by atoms with Crippen molar-refractivity contribution in [3.63, 3.8) is 0 Å². The van der Waals surface area contributed by atoms with Crippen LogP contribution in [0.2, 0.25) is 0 Å². The van der Waals surface area contributed by atoms with Gasteiger partial charge in [0.05, 0.1) is 11.6 Å². The van der Waals surface area contributed by atoms with Crippen LogP contribution in [0.3, 0.4) is 0 Å². The van der Waals surface area contributed by atoms with E-state index in [0.29, 0.717) is 5.69 Å². The summed E-state index contributed by atoms with van der Waals surface area (Å²) in [4.78, 5) is 11.8. The normalized spacial score (nSPS) is 12.7. The first kappa shape index (κ1) is 14.1. The maximum absolute atomic E-state index is 13.1. The fraction of sp³-hybridized carbons (Fsp3) is 0.385. The smallest absolute Gasteiger partial charge is 0.241 e. The van der Waals surface area contributed by atoms with Crippen LogP contribution in [0, 0.1) is 22.6 Å². The number of nitrogens with two attached hydrogens (primary N) is 1. The van der Waals surface area contributed by atoms with Gasteiger partial charge in [-0.1, -0.05) is 20.8 Å². The summed E-state index contributed by atoms with van der Waals surface area (Å²) in [5.74, 6) is -0.978. The van der Waals surface area contributed by atoms with Crippen LogP contribution >= 0.6 is 0 Å². The van der Waals surface area contributed by atoms with Crippen molar-refractivity contribution in [2.45, 2.75) is 26.8 Å². The Kier molecular flexibility index (Phi) is 4.04. The Labute approximate surface area is 106 Å². The van der Waals surface area contributed by atoms with Gasteiger partial charge in [-0.2, -0.15) is 5.26 Å². The molecule has 0 saturated carbocycles. The van der Waals surface area contributed by atoms with Crippen LogP contribution in [0.5, 0.6) is 0 Å². The van der Waals surface area contributed by atoms with E-state index in [2.05, 4.69) is 5.32 Å². The molecule has 3 N–H and O–H groups in total. The molecule has 0 fully saturated rings. The molecule has 0 radical (unpaired) electrons. The van der Waals surface area contributed by atoms with Crippen molar-refractivity contribution < 1.29 is 9.18 Å². The minimum absolute atomic E-state index is 0.114. The highest BCUT2D eigenvalue weighted by Gasteiger charge is 2.27. The van der Waals surface area contributed by atoms with Crippen LogP contribution in [-0.2, 0) is 4.79 Å². The number of rotatable bonds is 2. The van der Waals surface area contributed by atoms with Gasteiger partial charge in [0.2, 0.25) is 5.91 Å². The largest absolute Gasteiger partial charge is 0.325 e. The van der Waals surface area contributed by atoms with Gasteiger partial charge in [-0.15, -0.1) is 0 Å². The second-order valence-corrected chi connectivity index (χ2v) is 5.14. The minimum atomic E-state index is -0.687. The van der Waals surface area contributed by atoms with Gasteiger partial charge in [0.25, 0.3) is 0 Å². The first-order valence-corrected chi connectivity index (χ1v) is 5.52. The van der Waals surface area contributed by atoms with E-state index in [1.54, 1.807) is 6.07 Å². The van der Waals surface area contributed by atoms with E-state index in [-0.39, 0.29) is 16.9 Å². The first-order chi connectivity index (χ1) is 8.25. The lowest BCUT2D eigenvalue weighted by Crippen LogP contribution is -2.45. The molecule has 18 heavy (non-hydrogen) atoms. The zero-order valence-electron chi connectivity index (χ0n) is 10.6. The molecule has 0 aliphatic heterocycles. The maximum atomic E-state index is 13.1. The molecule has 1 amide bonds. The predicted molar refractivity (Wildman–Crippen MR) is 67.2 cm³/mol. The number of anilines is 1. The molecule has 5 heteroatoms. The molecule has 0 aromatic heterocycles. The van der Waals surface area contributed by atoms with Gasteiger partial charge >= 0.3 is 0 Å². The summed E-state index contributed by atoms with van der Waals surface area (Å²) in [5.41, 5.74) is 5.66. The van der Waals surface area contributed by atoms with E-state index < -0.39 is 11.9 Å². The highest BCUT2D eigenvalue weighted by atomic mass is 19.1. The fourth-order valence-electron chi connectivity index (χ4n) is 1.30. The highest BCUT2D eigenvalue weighted by Crippen LogP contribution is 2.20. The third-order valence-electron chi connectivity index (χ3n) is 2.57. The number of hydrogen-bond donors (Lipinski definition) is 2. The monoisotopic (exact) mass is 249 g/mol. The van der Waals surface area contributed by atoms with Crippen LogP contribution in [0.1, 0.15) is 26.3 Å². The fourth-order valence-corrected chi connectivity index (χ4v) is 1.30. The summed E-state index contributed by atoms with van der Waals surface area (Å²) >= 11 is 0. The predicted octanol–water partition coefficient (Wildman–Crippen LogP) is 2.01. The Morgan fingerprint density at radius 1 is 1.50 bits per heavy atom. The summed E-state index contributed by atoms with van der Waals surface area (Å²) in [6, 6.07) is 4.83. The highest BCUT2D eigenvalue weighted by molar-refractivity contribution is 5.95. The summed E-state index contributed by atoms with van der Waals surface area (Å²) in [5, 5.41) is 11.3. The van der Waals surface area contributed by atoms with Crippen LogP contribution < -0.4 is 11.1 Å². The quantitative estimate of drug-likeness (QED) is 0.841. The van der Waals surface area contributed by atoms with E-state index in [1.807, 2.05) is 20.8 Å². The van der Waals surface area contributed by atoms with E-state index in [9.17, 15) is 9.18 Å². The molecular weight excluding hydrogens is 233 g/mol. The van der Waals surface area contributed by atoms with Crippen LogP contribution in [0.4, 0.5) is 10.1 Å². The van der Waals surface area contributed by atoms with Gasteiger partial charge in [0, 0.05) is 5.69 Å². The second-order valence-electron chi connectivity index (χ2n) is 5.14. The van der Waals surface area contributed by atoms with E-state index >= 15 is 0 Å². The van der Waals surface area contributed by atoms with Crippen LogP contribution in [0.15, 0.2) is 18.2 Å². The number of nitriles is 1. The van der Waals surface area contributed by atoms with Gasteiger partial charge < -0.3 is 11.1 Å².